The Morgan fingerprint density at radius 2 is 1.83 bits per heavy atom. The van der Waals surface area contributed by atoms with Crippen LogP contribution in [-0.2, 0) is 14.8 Å². The molecule has 0 radical (unpaired) electrons. The molecule has 1 fully saturated rings. The quantitative estimate of drug-likeness (QED) is 0.850. The maximum Gasteiger partial charge on any atom is 0.243 e. The number of hydrogen-bond acceptors (Lipinski definition) is 3. The second-order valence-corrected chi connectivity index (χ2v) is 8.16. The van der Waals surface area contributed by atoms with E-state index in [2.05, 4.69) is 5.32 Å². The van der Waals surface area contributed by atoms with Crippen molar-refractivity contribution in [1.82, 2.24) is 9.62 Å². The Kier molecular flexibility index (Phi) is 6.44. The largest absolute Gasteiger partial charge is 0.352 e. The molecule has 1 aliphatic rings. The molecule has 0 unspecified atom stereocenters. The van der Waals surface area contributed by atoms with Gasteiger partial charge in [0.05, 0.1) is 11.4 Å². The van der Waals surface area contributed by atoms with Crippen LogP contribution >= 0.6 is 11.6 Å². The molecule has 2 rings (SSSR count). The van der Waals surface area contributed by atoms with Crippen LogP contribution in [0.4, 0.5) is 0 Å². The maximum atomic E-state index is 12.6. The van der Waals surface area contributed by atoms with E-state index < -0.39 is 10.0 Å². The minimum Gasteiger partial charge on any atom is -0.352 e. The first-order valence-corrected chi connectivity index (χ1v) is 9.80. The molecule has 7 heteroatoms. The van der Waals surface area contributed by atoms with Gasteiger partial charge in [0.2, 0.25) is 15.9 Å². The Balaban J connectivity index is 2.03. The Morgan fingerprint density at radius 1 is 1.22 bits per heavy atom. The van der Waals surface area contributed by atoms with Crippen LogP contribution in [0, 0.1) is 0 Å². The lowest BCUT2D eigenvalue weighted by Crippen LogP contribution is -2.44. The summed E-state index contributed by atoms with van der Waals surface area (Å²) in [5.74, 6) is -0.240. The predicted octanol–water partition coefficient (Wildman–Crippen LogP) is 2.80. The van der Waals surface area contributed by atoms with E-state index in [1.165, 1.54) is 35.0 Å². The molecule has 1 amide bonds. The van der Waals surface area contributed by atoms with Gasteiger partial charge in [0.15, 0.2) is 0 Å². The van der Waals surface area contributed by atoms with Crippen LogP contribution in [0.2, 0.25) is 5.02 Å². The van der Waals surface area contributed by atoms with Crippen molar-refractivity contribution in [2.24, 2.45) is 0 Å². The number of halogens is 1. The first-order valence-electron chi connectivity index (χ1n) is 7.98. The SMILES string of the molecule is CCN(CC(=O)NC1CCCCC1)S(=O)(=O)c1ccc(Cl)cc1. The van der Waals surface area contributed by atoms with E-state index in [1.807, 2.05) is 0 Å². The van der Waals surface area contributed by atoms with Crippen molar-refractivity contribution in [3.05, 3.63) is 29.3 Å². The van der Waals surface area contributed by atoms with E-state index in [0.717, 1.165) is 25.7 Å². The van der Waals surface area contributed by atoms with Gasteiger partial charge in [-0.15, -0.1) is 0 Å². The number of rotatable bonds is 6. The monoisotopic (exact) mass is 358 g/mol. The number of benzene rings is 1. The van der Waals surface area contributed by atoms with Gasteiger partial charge in [-0.2, -0.15) is 4.31 Å². The van der Waals surface area contributed by atoms with Crippen LogP contribution in [0.15, 0.2) is 29.2 Å². The molecule has 1 saturated carbocycles. The molecule has 0 aromatic heterocycles. The van der Waals surface area contributed by atoms with Crippen LogP contribution in [0.1, 0.15) is 39.0 Å². The topological polar surface area (TPSA) is 66.5 Å². The van der Waals surface area contributed by atoms with Gasteiger partial charge in [-0.3, -0.25) is 4.79 Å². The van der Waals surface area contributed by atoms with Gasteiger partial charge in [-0.1, -0.05) is 37.8 Å². The van der Waals surface area contributed by atoms with E-state index in [0.29, 0.717) is 5.02 Å². The van der Waals surface area contributed by atoms with Gasteiger partial charge < -0.3 is 5.32 Å². The Morgan fingerprint density at radius 3 is 2.39 bits per heavy atom. The van der Waals surface area contributed by atoms with Crippen molar-refractivity contribution in [1.29, 1.82) is 0 Å². The van der Waals surface area contributed by atoms with E-state index in [-0.39, 0.29) is 29.9 Å². The summed E-state index contributed by atoms with van der Waals surface area (Å²) in [6.45, 7) is 1.81. The lowest BCUT2D eigenvalue weighted by molar-refractivity contribution is -0.122. The number of hydrogen-bond donors (Lipinski definition) is 1. The molecule has 0 atom stereocenters. The molecule has 1 N–H and O–H groups in total. The highest BCUT2D eigenvalue weighted by atomic mass is 35.5. The molecule has 128 valence electrons. The zero-order chi connectivity index (χ0) is 16.9. The number of carbonyl (C=O) groups is 1. The lowest BCUT2D eigenvalue weighted by Gasteiger charge is -2.25. The summed E-state index contributed by atoms with van der Waals surface area (Å²) >= 11 is 5.80. The molecule has 0 bridgehead atoms. The first-order chi connectivity index (χ1) is 10.9. The van der Waals surface area contributed by atoms with E-state index in [4.69, 9.17) is 11.6 Å². The molecular formula is C16H23ClN2O3S. The molecule has 5 nitrogen and oxygen atoms in total. The summed E-state index contributed by atoms with van der Waals surface area (Å²) in [4.78, 5) is 12.3. The second-order valence-electron chi connectivity index (χ2n) is 5.79. The molecule has 0 aliphatic heterocycles. The van der Waals surface area contributed by atoms with Crippen LogP contribution in [0.25, 0.3) is 0 Å². The smallest absolute Gasteiger partial charge is 0.243 e. The van der Waals surface area contributed by atoms with Gasteiger partial charge in [0.1, 0.15) is 0 Å². The molecule has 0 spiro atoms. The van der Waals surface area contributed by atoms with E-state index in [9.17, 15) is 13.2 Å². The zero-order valence-corrected chi connectivity index (χ0v) is 14.9. The fourth-order valence-corrected chi connectivity index (χ4v) is 4.33. The minimum atomic E-state index is -3.69. The molecule has 1 aliphatic carbocycles. The average Bonchev–Trinajstić information content (AvgIpc) is 2.53. The fourth-order valence-electron chi connectivity index (χ4n) is 2.80. The van der Waals surface area contributed by atoms with Crippen molar-refractivity contribution in [2.75, 3.05) is 13.1 Å². The van der Waals surface area contributed by atoms with Crippen molar-refractivity contribution in [3.63, 3.8) is 0 Å². The minimum absolute atomic E-state index is 0.147. The van der Waals surface area contributed by atoms with Gasteiger partial charge in [0, 0.05) is 17.6 Å². The van der Waals surface area contributed by atoms with E-state index >= 15 is 0 Å². The summed E-state index contributed by atoms with van der Waals surface area (Å²) in [5, 5.41) is 3.42. The van der Waals surface area contributed by atoms with E-state index in [1.54, 1.807) is 6.92 Å². The van der Waals surface area contributed by atoms with Crippen molar-refractivity contribution < 1.29 is 13.2 Å². The zero-order valence-electron chi connectivity index (χ0n) is 13.3. The number of nitrogens with zero attached hydrogens (tertiary/aromatic N) is 1. The molecule has 1 aromatic rings. The fraction of sp³-hybridized carbons (Fsp3) is 0.562. The highest BCUT2D eigenvalue weighted by molar-refractivity contribution is 7.89. The number of carbonyl (C=O) groups excluding carboxylic acids is 1. The lowest BCUT2D eigenvalue weighted by atomic mass is 9.95. The number of likely N-dealkylation sites (N-methyl/N-ethyl adjacent to an activating group) is 1. The van der Waals surface area contributed by atoms with Gasteiger partial charge >= 0.3 is 0 Å². The van der Waals surface area contributed by atoms with Crippen LogP contribution in [0.5, 0.6) is 0 Å². The first kappa shape index (κ1) is 18.2. The third-order valence-electron chi connectivity index (χ3n) is 4.09. The Bertz CT molecular complexity index is 625. The highest BCUT2D eigenvalue weighted by Gasteiger charge is 2.26. The van der Waals surface area contributed by atoms with Crippen molar-refractivity contribution >= 4 is 27.5 Å². The standard InChI is InChI=1S/C16H23ClN2O3S/c1-2-19(12-16(20)18-14-6-4-3-5-7-14)23(21,22)15-10-8-13(17)9-11-15/h8-11,14H,2-7,12H2,1H3,(H,18,20). The van der Waals surface area contributed by atoms with Crippen molar-refractivity contribution in [2.45, 2.75) is 50.0 Å². The summed E-state index contributed by atoms with van der Waals surface area (Å²) < 4.78 is 26.4. The molecule has 1 aromatic carbocycles. The summed E-state index contributed by atoms with van der Waals surface area (Å²) in [6, 6.07) is 6.15. The molecule has 0 saturated heterocycles. The van der Waals surface area contributed by atoms with Crippen molar-refractivity contribution in [3.8, 4) is 0 Å². The van der Waals surface area contributed by atoms with Crippen LogP contribution in [0.3, 0.4) is 0 Å². The van der Waals surface area contributed by atoms with Gasteiger partial charge in [-0.05, 0) is 37.1 Å². The second kappa shape index (κ2) is 8.13. The average molecular weight is 359 g/mol. The molecule has 23 heavy (non-hydrogen) atoms. The van der Waals surface area contributed by atoms with Gasteiger partial charge in [-0.25, -0.2) is 8.42 Å². The number of sulfonamides is 1. The third kappa shape index (κ3) is 4.93. The third-order valence-corrected chi connectivity index (χ3v) is 6.28. The Labute approximate surface area is 143 Å². The van der Waals surface area contributed by atoms with Crippen LogP contribution in [-0.4, -0.2) is 37.8 Å². The Hall–Kier alpha value is -1.11. The summed E-state index contributed by atoms with van der Waals surface area (Å²) in [5.41, 5.74) is 0. The normalized spacial score (nSPS) is 16.5. The summed E-state index contributed by atoms with van der Waals surface area (Å²) in [6.07, 6.45) is 5.39. The van der Waals surface area contributed by atoms with Gasteiger partial charge in [0.25, 0.3) is 0 Å². The molecule has 0 heterocycles. The summed E-state index contributed by atoms with van der Waals surface area (Å²) in [7, 11) is -3.69. The predicted molar refractivity (Wildman–Crippen MR) is 90.9 cm³/mol. The molecular weight excluding hydrogens is 336 g/mol. The number of amides is 1. The highest BCUT2D eigenvalue weighted by Crippen LogP contribution is 2.19. The maximum absolute atomic E-state index is 12.6. The van der Waals surface area contributed by atoms with Crippen LogP contribution < -0.4 is 5.32 Å². The number of nitrogens with one attached hydrogen (secondary N) is 1.